The molecule has 8 heteroatoms. The number of carbonyl (C=O) groups is 2. The largest absolute Gasteiger partial charge is 0.372 e. The SMILES string of the molecule is Cn1ccc2nc(-c3ccc4c(c3)CN(C3CCC(=O)NC3O)C4=O)cc(CN3CCC3)c21. The topological polar surface area (TPSA) is 90.7 Å². The minimum Gasteiger partial charge on any atom is -0.372 e. The van der Waals surface area contributed by atoms with Gasteiger partial charge in [-0.2, -0.15) is 0 Å². The maximum Gasteiger partial charge on any atom is 0.254 e. The summed E-state index contributed by atoms with van der Waals surface area (Å²) in [6.07, 6.45) is 3.05. The average molecular weight is 446 g/mol. The molecule has 1 aromatic carbocycles. The number of likely N-dealkylation sites (tertiary alicyclic amines) is 1. The maximum atomic E-state index is 13.0. The molecule has 0 bridgehead atoms. The van der Waals surface area contributed by atoms with Crippen LogP contribution in [0.25, 0.3) is 22.3 Å². The molecule has 0 spiro atoms. The number of nitrogens with zero attached hydrogens (tertiary/aromatic N) is 4. The Hall–Kier alpha value is -3.23. The van der Waals surface area contributed by atoms with E-state index in [2.05, 4.69) is 40.2 Å². The van der Waals surface area contributed by atoms with Crippen molar-refractivity contribution >= 4 is 22.8 Å². The van der Waals surface area contributed by atoms with Crippen molar-refractivity contribution < 1.29 is 14.7 Å². The fraction of sp³-hybridized carbons (Fsp3) is 0.400. The number of amides is 2. The molecule has 0 aliphatic carbocycles. The first-order valence-corrected chi connectivity index (χ1v) is 11.6. The number of piperidine rings is 1. The number of nitrogens with one attached hydrogen (secondary N) is 1. The zero-order valence-corrected chi connectivity index (χ0v) is 18.6. The number of aryl methyl sites for hydroxylation is 1. The number of carbonyl (C=O) groups excluding carboxylic acids is 2. The third-order valence-electron chi connectivity index (χ3n) is 7.22. The fourth-order valence-corrected chi connectivity index (χ4v) is 5.31. The van der Waals surface area contributed by atoms with Crippen molar-refractivity contribution in [1.29, 1.82) is 0 Å². The molecule has 2 fully saturated rings. The lowest BCUT2D eigenvalue weighted by molar-refractivity contribution is -0.129. The Labute approximate surface area is 191 Å². The van der Waals surface area contributed by atoms with Gasteiger partial charge in [-0.3, -0.25) is 14.5 Å². The van der Waals surface area contributed by atoms with Crippen molar-refractivity contribution in [2.75, 3.05) is 13.1 Å². The first-order chi connectivity index (χ1) is 16.0. The Balaban J connectivity index is 1.33. The van der Waals surface area contributed by atoms with Crippen LogP contribution < -0.4 is 5.32 Å². The van der Waals surface area contributed by atoms with Crippen LogP contribution in [-0.4, -0.2) is 61.6 Å². The predicted molar refractivity (Wildman–Crippen MR) is 123 cm³/mol. The molecule has 2 unspecified atom stereocenters. The van der Waals surface area contributed by atoms with Gasteiger partial charge in [0, 0.05) is 43.9 Å². The molecule has 3 aromatic rings. The van der Waals surface area contributed by atoms with Crippen LogP contribution in [0.4, 0.5) is 0 Å². The average Bonchev–Trinajstić information content (AvgIpc) is 3.30. The van der Waals surface area contributed by atoms with Gasteiger partial charge < -0.3 is 19.9 Å². The van der Waals surface area contributed by atoms with Gasteiger partial charge in [-0.05, 0) is 61.3 Å². The monoisotopic (exact) mass is 445 g/mol. The maximum absolute atomic E-state index is 13.0. The van der Waals surface area contributed by atoms with Crippen LogP contribution in [0.15, 0.2) is 36.5 Å². The van der Waals surface area contributed by atoms with Crippen LogP contribution in [0, 0.1) is 0 Å². The summed E-state index contributed by atoms with van der Waals surface area (Å²) >= 11 is 0. The molecular formula is C25H27N5O3. The number of hydrogen-bond donors (Lipinski definition) is 2. The van der Waals surface area contributed by atoms with E-state index < -0.39 is 12.3 Å². The van der Waals surface area contributed by atoms with Crippen LogP contribution in [0.3, 0.4) is 0 Å². The standard InChI is InChI=1S/C25H27N5O3/c1-28-10-7-19-23(28)17(13-29-8-2-9-29)12-20(26-19)15-3-4-18-16(11-15)14-30(25(18)33)21-5-6-22(31)27-24(21)32/h3-4,7,10-12,21,24,32H,2,5-6,8-9,13-14H2,1H3,(H,27,31). The molecule has 33 heavy (non-hydrogen) atoms. The third-order valence-corrected chi connectivity index (χ3v) is 7.22. The van der Waals surface area contributed by atoms with E-state index in [9.17, 15) is 14.7 Å². The smallest absolute Gasteiger partial charge is 0.254 e. The van der Waals surface area contributed by atoms with Crippen LogP contribution in [-0.2, 0) is 24.9 Å². The fourth-order valence-electron chi connectivity index (χ4n) is 5.31. The lowest BCUT2D eigenvalue weighted by Gasteiger charge is -2.35. The molecule has 2 N–H and O–H groups in total. The summed E-state index contributed by atoms with van der Waals surface area (Å²) < 4.78 is 2.13. The van der Waals surface area contributed by atoms with Gasteiger partial charge in [0.25, 0.3) is 5.91 Å². The molecule has 2 amide bonds. The molecule has 8 nitrogen and oxygen atoms in total. The second-order valence-electron chi connectivity index (χ2n) is 9.38. The van der Waals surface area contributed by atoms with E-state index in [-0.39, 0.29) is 11.8 Å². The number of hydrogen-bond acceptors (Lipinski definition) is 5. The van der Waals surface area contributed by atoms with E-state index in [0.29, 0.717) is 24.9 Å². The summed E-state index contributed by atoms with van der Waals surface area (Å²) in [6, 6.07) is 9.70. The van der Waals surface area contributed by atoms with E-state index in [0.717, 1.165) is 42.0 Å². The molecule has 170 valence electrons. The zero-order chi connectivity index (χ0) is 22.7. The molecule has 2 aromatic heterocycles. The Morgan fingerprint density at radius 1 is 1.18 bits per heavy atom. The lowest BCUT2D eigenvalue weighted by atomic mass is 10.0. The minimum atomic E-state index is -1.03. The summed E-state index contributed by atoms with van der Waals surface area (Å²) in [6.45, 7) is 3.60. The van der Waals surface area contributed by atoms with Gasteiger partial charge in [-0.15, -0.1) is 0 Å². The zero-order valence-electron chi connectivity index (χ0n) is 18.6. The summed E-state index contributed by atoms with van der Waals surface area (Å²) in [5, 5.41) is 12.9. The third kappa shape index (κ3) is 3.41. The van der Waals surface area contributed by atoms with E-state index in [4.69, 9.17) is 4.98 Å². The number of aliphatic hydroxyl groups is 1. The molecular weight excluding hydrogens is 418 g/mol. The molecule has 0 radical (unpaired) electrons. The van der Waals surface area contributed by atoms with E-state index >= 15 is 0 Å². The number of fused-ring (bicyclic) bond motifs is 2. The van der Waals surface area contributed by atoms with Gasteiger partial charge in [-0.1, -0.05) is 6.07 Å². The highest BCUT2D eigenvalue weighted by Crippen LogP contribution is 2.33. The van der Waals surface area contributed by atoms with Crippen molar-refractivity contribution in [2.24, 2.45) is 7.05 Å². The minimum absolute atomic E-state index is 0.0957. The van der Waals surface area contributed by atoms with Crippen molar-refractivity contribution in [3.8, 4) is 11.3 Å². The van der Waals surface area contributed by atoms with Gasteiger partial charge in [0.05, 0.1) is 22.8 Å². The molecule has 0 saturated carbocycles. The number of rotatable bonds is 4. The predicted octanol–water partition coefficient (Wildman–Crippen LogP) is 2.00. The van der Waals surface area contributed by atoms with Crippen molar-refractivity contribution in [3.63, 3.8) is 0 Å². The van der Waals surface area contributed by atoms with Crippen molar-refractivity contribution in [2.45, 2.75) is 44.6 Å². The number of pyridine rings is 1. The summed E-state index contributed by atoms with van der Waals surface area (Å²) in [7, 11) is 2.06. The van der Waals surface area contributed by atoms with Gasteiger partial charge >= 0.3 is 0 Å². The van der Waals surface area contributed by atoms with Crippen molar-refractivity contribution in [3.05, 3.63) is 53.2 Å². The Morgan fingerprint density at radius 3 is 2.79 bits per heavy atom. The molecule has 3 aliphatic rings. The van der Waals surface area contributed by atoms with Crippen LogP contribution in [0.2, 0.25) is 0 Å². The highest BCUT2D eigenvalue weighted by atomic mass is 16.3. The quantitative estimate of drug-likeness (QED) is 0.641. The summed E-state index contributed by atoms with van der Waals surface area (Å²) in [5.74, 6) is -0.275. The first kappa shape index (κ1) is 20.4. The van der Waals surface area contributed by atoms with E-state index in [1.165, 1.54) is 17.5 Å². The normalized spacial score (nSPS) is 23.0. The number of aliphatic hydroxyl groups excluding tert-OH is 1. The lowest BCUT2D eigenvalue weighted by Crippen LogP contribution is -2.55. The molecule has 5 heterocycles. The van der Waals surface area contributed by atoms with Gasteiger partial charge in [0.1, 0.15) is 6.23 Å². The van der Waals surface area contributed by atoms with E-state index in [1.807, 2.05) is 18.2 Å². The summed E-state index contributed by atoms with van der Waals surface area (Å²) in [4.78, 5) is 33.7. The van der Waals surface area contributed by atoms with E-state index in [1.54, 1.807) is 4.90 Å². The second kappa shape index (κ2) is 7.67. The molecule has 2 atom stereocenters. The molecule has 6 rings (SSSR count). The first-order valence-electron chi connectivity index (χ1n) is 11.6. The number of aromatic nitrogens is 2. The highest BCUT2D eigenvalue weighted by Gasteiger charge is 2.39. The Morgan fingerprint density at radius 2 is 2.03 bits per heavy atom. The Bertz CT molecular complexity index is 1280. The van der Waals surface area contributed by atoms with Crippen LogP contribution >= 0.6 is 0 Å². The van der Waals surface area contributed by atoms with Gasteiger partial charge in [0.2, 0.25) is 5.91 Å². The number of benzene rings is 1. The highest BCUT2D eigenvalue weighted by molar-refractivity contribution is 5.99. The molecule has 3 aliphatic heterocycles. The molecule has 2 saturated heterocycles. The Kier molecular flexibility index (Phi) is 4.74. The van der Waals surface area contributed by atoms with Gasteiger partial charge in [0.15, 0.2) is 0 Å². The van der Waals surface area contributed by atoms with Gasteiger partial charge in [-0.25, -0.2) is 4.98 Å². The summed E-state index contributed by atoms with van der Waals surface area (Å²) in [5.41, 5.74) is 6.89. The van der Waals surface area contributed by atoms with Crippen LogP contribution in [0.1, 0.15) is 40.7 Å². The second-order valence-corrected chi connectivity index (χ2v) is 9.38. The van der Waals surface area contributed by atoms with Crippen LogP contribution in [0.5, 0.6) is 0 Å². The van der Waals surface area contributed by atoms with Crippen molar-refractivity contribution in [1.82, 2.24) is 24.7 Å².